The van der Waals surface area contributed by atoms with E-state index in [2.05, 4.69) is 4.98 Å². The van der Waals surface area contributed by atoms with E-state index in [0.29, 0.717) is 0 Å². The van der Waals surface area contributed by atoms with Crippen LogP contribution < -0.4 is 0 Å². The predicted octanol–water partition coefficient (Wildman–Crippen LogP) is 2.84. The molecular formula is C15H17NO2. The molecule has 1 N–H and O–H groups in total. The van der Waals surface area contributed by atoms with Gasteiger partial charge in [-0.2, -0.15) is 0 Å². The number of nitrogens with zero attached hydrogens (tertiary/aromatic N) is 1. The fourth-order valence-corrected chi connectivity index (χ4v) is 2.72. The van der Waals surface area contributed by atoms with Crippen LogP contribution in [0.25, 0.3) is 10.8 Å². The Morgan fingerprint density at radius 1 is 1.39 bits per heavy atom. The molecule has 0 radical (unpaired) electrons. The quantitative estimate of drug-likeness (QED) is 0.882. The highest BCUT2D eigenvalue weighted by molar-refractivity contribution is 5.85. The molecule has 0 bridgehead atoms. The van der Waals surface area contributed by atoms with Gasteiger partial charge in [0.05, 0.1) is 5.60 Å². The van der Waals surface area contributed by atoms with Gasteiger partial charge in [0, 0.05) is 24.4 Å². The molecule has 1 saturated heterocycles. The average molecular weight is 243 g/mol. The molecule has 1 aliphatic rings. The Hall–Kier alpha value is -1.45. The van der Waals surface area contributed by atoms with Crippen LogP contribution >= 0.6 is 0 Å². The lowest BCUT2D eigenvalue weighted by atomic mass is 9.88. The normalized spacial score (nSPS) is 25.4. The van der Waals surface area contributed by atoms with Crippen LogP contribution in [-0.2, 0) is 4.74 Å². The zero-order valence-electron chi connectivity index (χ0n) is 10.5. The predicted molar refractivity (Wildman–Crippen MR) is 70.3 cm³/mol. The largest absolute Gasteiger partial charge is 0.385 e. The number of ether oxygens (including phenoxy) is 1. The summed E-state index contributed by atoms with van der Waals surface area (Å²) in [4.78, 5) is 4.15. The maximum absolute atomic E-state index is 10.6. The molecule has 3 heteroatoms. The second-order valence-corrected chi connectivity index (χ2v) is 5.11. The molecule has 1 aromatic carbocycles. The second-order valence-electron chi connectivity index (χ2n) is 5.11. The first-order valence-corrected chi connectivity index (χ1v) is 6.35. The lowest BCUT2D eigenvalue weighted by Gasteiger charge is -2.30. The van der Waals surface area contributed by atoms with Gasteiger partial charge in [-0.15, -0.1) is 0 Å². The maximum atomic E-state index is 10.6. The van der Waals surface area contributed by atoms with Gasteiger partial charge in [-0.3, -0.25) is 4.98 Å². The Balaban J connectivity index is 2.08. The van der Waals surface area contributed by atoms with Crippen LogP contribution in [0.5, 0.6) is 0 Å². The van der Waals surface area contributed by atoms with Crippen molar-refractivity contribution in [3.63, 3.8) is 0 Å². The molecule has 3 rings (SSSR count). The van der Waals surface area contributed by atoms with Crippen molar-refractivity contribution in [3.05, 3.63) is 42.2 Å². The summed E-state index contributed by atoms with van der Waals surface area (Å²) in [5.74, 6) is 0. The minimum atomic E-state index is -0.604. The summed E-state index contributed by atoms with van der Waals surface area (Å²) in [5, 5.41) is 12.7. The van der Waals surface area contributed by atoms with Crippen molar-refractivity contribution < 1.29 is 9.84 Å². The first-order chi connectivity index (χ1) is 8.71. The molecule has 0 saturated carbocycles. The van der Waals surface area contributed by atoms with Crippen molar-refractivity contribution in [1.29, 1.82) is 0 Å². The zero-order chi connectivity index (χ0) is 12.6. The monoisotopic (exact) mass is 243 g/mol. The van der Waals surface area contributed by atoms with Crippen LogP contribution in [-0.4, -0.2) is 22.3 Å². The number of benzene rings is 1. The Labute approximate surface area is 106 Å². The molecule has 0 amide bonds. The fourth-order valence-electron chi connectivity index (χ4n) is 2.72. The van der Waals surface area contributed by atoms with Crippen LogP contribution in [0.1, 0.15) is 31.4 Å². The number of hydrogen-bond acceptors (Lipinski definition) is 3. The van der Waals surface area contributed by atoms with E-state index in [0.717, 1.165) is 35.8 Å². The van der Waals surface area contributed by atoms with Crippen molar-refractivity contribution in [3.8, 4) is 0 Å². The standard InChI is InChI=1S/C15H17NO2/c1-15(7-3-9-18-15)14(17)12-5-2-4-11-6-8-16-10-13(11)12/h2,4-6,8,10,14,17H,3,7,9H2,1H3. The lowest BCUT2D eigenvalue weighted by molar-refractivity contribution is -0.0790. The Kier molecular flexibility index (Phi) is 2.80. The second kappa shape index (κ2) is 4.34. The van der Waals surface area contributed by atoms with E-state index in [1.807, 2.05) is 37.4 Å². The third-order valence-electron chi connectivity index (χ3n) is 3.84. The number of rotatable bonds is 2. The lowest BCUT2D eigenvalue weighted by Crippen LogP contribution is -2.32. The summed E-state index contributed by atoms with van der Waals surface area (Å²) < 4.78 is 5.74. The van der Waals surface area contributed by atoms with Gasteiger partial charge in [0.1, 0.15) is 6.10 Å². The minimum absolute atomic E-state index is 0.468. The molecule has 1 aliphatic heterocycles. The summed E-state index contributed by atoms with van der Waals surface area (Å²) in [5.41, 5.74) is 0.439. The number of aliphatic hydroxyl groups is 1. The third kappa shape index (κ3) is 1.80. The molecule has 94 valence electrons. The van der Waals surface area contributed by atoms with Crippen molar-refractivity contribution in [2.75, 3.05) is 6.61 Å². The van der Waals surface area contributed by atoms with Crippen molar-refractivity contribution in [1.82, 2.24) is 4.98 Å². The molecule has 0 spiro atoms. The highest BCUT2D eigenvalue weighted by atomic mass is 16.5. The molecule has 18 heavy (non-hydrogen) atoms. The van der Waals surface area contributed by atoms with Gasteiger partial charge in [-0.25, -0.2) is 0 Å². The van der Waals surface area contributed by atoms with Gasteiger partial charge in [0.15, 0.2) is 0 Å². The summed E-state index contributed by atoms with van der Waals surface area (Å²) >= 11 is 0. The van der Waals surface area contributed by atoms with Crippen molar-refractivity contribution in [2.24, 2.45) is 0 Å². The third-order valence-corrected chi connectivity index (χ3v) is 3.84. The van der Waals surface area contributed by atoms with E-state index < -0.39 is 11.7 Å². The first kappa shape index (κ1) is 11.6. The highest BCUT2D eigenvalue weighted by Gasteiger charge is 2.38. The number of pyridine rings is 1. The van der Waals surface area contributed by atoms with Gasteiger partial charge in [-0.1, -0.05) is 18.2 Å². The van der Waals surface area contributed by atoms with E-state index in [1.54, 1.807) is 6.20 Å². The van der Waals surface area contributed by atoms with Crippen LogP contribution in [0.4, 0.5) is 0 Å². The van der Waals surface area contributed by atoms with Crippen LogP contribution in [0, 0.1) is 0 Å². The minimum Gasteiger partial charge on any atom is -0.385 e. The van der Waals surface area contributed by atoms with E-state index in [-0.39, 0.29) is 0 Å². The topological polar surface area (TPSA) is 42.4 Å². The molecule has 2 aromatic rings. The number of fused-ring (bicyclic) bond motifs is 1. The van der Waals surface area contributed by atoms with E-state index in [1.165, 1.54) is 0 Å². The average Bonchev–Trinajstić information content (AvgIpc) is 2.85. The Morgan fingerprint density at radius 2 is 2.28 bits per heavy atom. The van der Waals surface area contributed by atoms with E-state index in [9.17, 15) is 5.11 Å². The Morgan fingerprint density at radius 3 is 3.06 bits per heavy atom. The molecule has 2 atom stereocenters. The Bertz CT molecular complexity index is 556. The van der Waals surface area contributed by atoms with Gasteiger partial charge in [0.25, 0.3) is 0 Å². The van der Waals surface area contributed by atoms with E-state index >= 15 is 0 Å². The number of hydrogen-bond donors (Lipinski definition) is 1. The van der Waals surface area contributed by atoms with Crippen molar-refractivity contribution >= 4 is 10.8 Å². The summed E-state index contributed by atoms with van der Waals surface area (Å²) in [6.45, 7) is 2.72. The molecule has 0 aliphatic carbocycles. The van der Waals surface area contributed by atoms with E-state index in [4.69, 9.17) is 4.74 Å². The summed E-state index contributed by atoms with van der Waals surface area (Å²) in [7, 11) is 0. The maximum Gasteiger partial charge on any atom is 0.108 e. The fraction of sp³-hybridized carbons (Fsp3) is 0.400. The van der Waals surface area contributed by atoms with Gasteiger partial charge in [-0.05, 0) is 36.8 Å². The van der Waals surface area contributed by atoms with Crippen LogP contribution in [0.15, 0.2) is 36.7 Å². The van der Waals surface area contributed by atoms with Gasteiger partial charge in [0.2, 0.25) is 0 Å². The molecule has 2 heterocycles. The molecule has 1 fully saturated rings. The smallest absolute Gasteiger partial charge is 0.108 e. The molecule has 2 unspecified atom stereocenters. The van der Waals surface area contributed by atoms with Crippen LogP contribution in [0.2, 0.25) is 0 Å². The molecular weight excluding hydrogens is 226 g/mol. The molecule has 1 aromatic heterocycles. The van der Waals surface area contributed by atoms with Crippen molar-refractivity contribution in [2.45, 2.75) is 31.5 Å². The van der Waals surface area contributed by atoms with Crippen LogP contribution in [0.3, 0.4) is 0 Å². The molecule has 3 nitrogen and oxygen atoms in total. The number of aliphatic hydroxyl groups excluding tert-OH is 1. The highest BCUT2D eigenvalue weighted by Crippen LogP contribution is 2.39. The van der Waals surface area contributed by atoms with Gasteiger partial charge >= 0.3 is 0 Å². The van der Waals surface area contributed by atoms with Gasteiger partial charge < -0.3 is 9.84 Å². The summed E-state index contributed by atoms with van der Waals surface area (Å²) in [6, 6.07) is 7.93. The number of aromatic nitrogens is 1. The SMILES string of the molecule is CC1(C(O)c2cccc3ccncc23)CCCO1. The first-order valence-electron chi connectivity index (χ1n) is 6.35. The summed E-state index contributed by atoms with van der Waals surface area (Å²) in [6.07, 6.45) is 4.88. The zero-order valence-corrected chi connectivity index (χ0v) is 10.5.